The largest absolute Gasteiger partial charge is 0.497 e. The van der Waals surface area contributed by atoms with Gasteiger partial charge in [0.05, 0.1) is 39.3 Å². The maximum Gasteiger partial charge on any atom is 0.275 e. The van der Waals surface area contributed by atoms with Gasteiger partial charge in [0.2, 0.25) is 0 Å². The molecule has 2 aromatic rings. The molecule has 0 unspecified atom stereocenters. The maximum absolute atomic E-state index is 12.5. The molecule has 0 spiro atoms. The first-order valence-corrected chi connectivity index (χ1v) is 10.1. The fourth-order valence-corrected chi connectivity index (χ4v) is 3.70. The van der Waals surface area contributed by atoms with Crippen LogP contribution in [0.1, 0.15) is 29.7 Å². The van der Waals surface area contributed by atoms with Crippen molar-refractivity contribution in [3.05, 3.63) is 59.2 Å². The number of amides is 1. The predicted molar refractivity (Wildman–Crippen MR) is 113 cm³/mol. The first-order valence-electron chi connectivity index (χ1n) is 10.1. The van der Waals surface area contributed by atoms with Crippen LogP contribution >= 0.6 is 0 Å². The second-order valence-corrected chi connectivity index (χ2v) is 7.75. The Kier molecular flexibility index (Phi) is 6.57. The van der Waals surface area contributed by atoms with E-state index in [1.807, 2.05) is 12.1 Å². The van der Waals surface area contributed by atoms with E-state index in [0.717, 1.165) is 37.5 Å². The van der Waals surface area contributed by atoms with Crippen LogP contribution in [0.3, 0.4) is 0 Å². The molecule has 3 rings (SSSR count). The second kappa shape index (κ2) is 9.11. The van der Waals surface area contributed by atoms with Crippen LogP contribution in [0.4, 0.5) is 5.69 Å². The molecule has 2 aromatic carbocycles. The highest BCUT2D eigenvalue weighted by molar-refractivity contribution is 5.77. The molecule has 1 fully saturated rings. The van der Waals surface area contributed by atoms with Crippen LogP contribution in [0.5, 0.6) is 5.75 Å². The van der Waals surface area contributed by atoms with Gasteiger partial charge in [0.15, 0.2) is 6.54 Å². The highest BCUT2D eigenvalue weighted by Crippen LogP contribution is 2.20. The molecule has 2 N–H and O–H groups in total. The van der Waals surface area contributed by atoms with Crippen molar-refractivity contribution in [2.45, 2.75) is 26.8 Å². The third-order valence-electron chi connectivity index (χ3n) is 5.71. The number of aryl methyl sites for hydroxylation is 2. The minimum atomic E-state index is 0.0317. The second-order valence-electron chi connectivity index (χ2n) is 7.75. The van der Waals surface area contributed by atoms with E-state index in [9.17, 15) is 4.79 Å². The van der Waals surface area contributed by atoms with Gasteiger partial charge < -0.3 is 19.9 Å². The van der Waals surface area contributed by atoms with E-state index in [0.29, 0.717) is 6.54 Å². The van der Waals surface area contributed by atoms with Gasteiger partial charge in [-0.05, 0) is 49.6 Å². The molecule has 1 aliphatic rings. The number of rotatable bonds is 6. The monoisotopic (exact) mass is 382 g/mol. The average Bonchev–Trinajstić information content (AvgIpc) is 2.70. The summed E-state index contributed by atoms with van der Waals surface area (Å²) in [6.45, 7) is 10.6. The van der Waals surface area contributed by atoms with Gasteiger partial charge in [0.1, 0.15) is 5.75 Å². The molecule has 1 amide bonds. The number of benzene rings is 2. The summed E-state index contributed by atoms with van der Waals surface area (Å²) in [5, 5.41) is 3.16. The molecule has 0 bridgehead atoms. The first-order chi connectivity index (χ1) is 13.5. The van der Waals surface area contributed by atoms with E-state index >= 15 is 0 Å². The number of hydrogen-bond acceptors (Lipinski definition) is 3. The Hall–Kier alpha value is -2.53. The van der Waals surface area contributed by atoms with Crippen molar-refractivity contribution in [2.75, 3.05) is 44.7 Å². The summed E-state index contributed by atoms with van der Waals surface area (Å²) in [5.41, 5.74) is 4.89. The Labute approximate surface area is 168 Å². The van der Waals surface area contributed by atoms with Crippen molar-refractivity contribution in [2.24, 2.45) is 0 Å². The zero-order valence-corrected chi connectivity index (χ0v) is 17.4. The van der Waals surface area contributed by atoms with Crippen molar-refractivity contribution >= 4 is 11.6 Å². The van der Waals surface area contributed by atoms with Gasteiger partial charge in [-0.2, -0.15) is 0 Å². The normalized spacial score (nSPS) is 15.9. The van der Waals surface area contributed by atoms with Crippen LogP contribution in [-0.4, -0.2) is 45.7 Å². The lowest BCUT2D eigenvalue weighted by Gasteiger charge is -2.33. The zero-order valence-electron chi connectivity index (χ0n) is 17.4. The molecule has 1 heterocycles. The van der Waals surface area contributed by atoms with Crippen LogP contribution in [-0.2, 0) is 4.79 Å². The molecule has 1 saturated heterocycles. The quantitative estimate of drug-likeness (QED) is 0.802. The summed E-state index contributed by atoms with van der Waals surface area (Å²) >= 11 is 0. The van der Waals surface area contributed by atoms with E-state index in [1.165, 1.54) is 21.7 Å². The summed E-state index contributed by atoms with van der Waals surface area (Å²) in [7, 11) is 1.69. The number of nitrogens with one attached hydrogen (secondary N) is 2. The Balaban J connectivity index is 1.48. The van der Waals surface area contributed by atoms with Gasteiger partial charge in [-0.3, -0.25) is 4.79 Å². The minimum absolute atomic E-state index is 0.0317. The van der Waals surface area contributed by atoms with E-state index in [1.54, 1.807) is 7.11 Å². The molecule has 1 atom stereocenters. The van der Waals surface area contributed by atoms with Gasteiger partial charge >= 0.3 is 0 Å². The number of piperazine rings is 1. The molecule has 5 nitrogen and oxygen atoms in total. The molecule has 28 heavy (non-hydrogen) atoms. The number of quaternary nitrogens is 1. The number of nitrogens with zero attached hydrogens (tertiary/aromatic N) is 1. The van der Waals surface area contributed by atoms with Gasteiger partial charge in [0, 0.05) is 11.8 Å². The lowest BCUT2D eigenvalue weighted by atomic mass is 10.0. The Bertz CT molecular complexity index is 813. The van der Waals surface area contributed by atoms with Crippen LogP contribution in [0.15, 0.2) is 42.5 Å². The molecule has 150 valence electrons. The number of methoxy groups -OCH3 is 1. The van der Waals surface area contributed by atoms with E-state index in [4.69, 9.17) is 4.74 Å². The van der Waals surface area contributed by atoms with Gasteiger partial charge in [-0.25, -0.2) is 0 Å². The number of hydrogen-bond donors (Lipinski definition) is 2. The lowest BCUT2D eigenvalue weighted by Crippen LogP contribution is -3.15. The van der Waals surface area contributed by atoms with Crippen molar-refractivity contribution in [1.29, 1.82) is 0 Å². The van der Waals surface area contributed by atoms with Crippen LogP contribution < -0.4 is 19.9 Å². The van der Waals surface area contributed by atoms with Crippen molar-refractivity contribution < 1.29 is 14.4 Å². The molecule has 0 radical (unpaired) electrons. The van der Waals surface area contributed by atoms with Gasteiger partial charge in [-0.15, -0.1) is 0 Å². The predicted octanol–water partition coefficient (Wildman–Crippen LogP) is 1.89. The highest BCUT2D eigenvalue weighted by atomic mass is 16.5. The SMILES string of the molecule is COc1cccc(N2CC[NH+](CC(=O)N[C@H](C)c3ccc(C)c(C)c3)CC2)c1. The van der Waals surface area contributed by atoms with Gasteiger partial charge in [0.25, 0.3) is 5.91 Å². The maximum atomic E-state index is 12.5. The van der Waals surface area contributed by atoms with E-state index in [-0.39, 0.29) is 11.9 Å². The Morgan fingerprint density at radius 2 is 1.89 bits per heavy atom. The standard InChI is InChI=1S/C23H31N3O2/c1-17-8-9-20(14-18(17)2)19(3)24-23(27)16-25-10-12-26(13-11-25)21-6-5-7-22(15-21)28-4/h5-9,14-15,19H,10-13,16H2,1-4H3,(H,24,27)/p+1/t19-/m1/s1. The summed E-state index contributed by atoms with van der Waals surface area (Å²) in [6.07, 6.45) is 0. The Morgan fingerprint density at radius 1 is 1.14 bits per heavy atom. The lowest BCUT2D eigenvalue weighted by molar-refractivity contribution is -0.892. The topological polar surface area (TPSA) is 46.0 Å². The summed E-state index contributed by atoms with van der Waals surface area (Å²) < 4.78 is 5.32. The first kappa shape index (κ1) is 20.2. The summed E-state index contributed by atoms with van der Waals surface area (Å²) in [6, 6.07) is 14.6. The molecule has 1 aliphatic heterocycles. The third kappa shape index (κ3) is 5.04. The average molecular weight is 383 g/mol. The Morgan fingerprint density at radius 3 is 2.57 bits per heavy atom. The number of ether oxygens (including phenoxy) is 1. The molecule has 0 aromatic heterocycles. The van der Waals surface area contributed by atoms with Crippen LogP contribution in [0.25, 0.3) is 0 Å². The zero-order chi connectivity index (χ0) is 20.1. The molecular weight excluding hydrogens is 350 g/mol. The highest BCUT2D eigenvalue weighted by Gasteiger charge is 2.23. The van der Waals surface area contributed by atoms with E-state index in [2.05, 4.69) is 61.3 Å². The fraction of sp³-hybridized carbons (Fsp3) is 0.435. The van der Waals surface area contributed by atoms with Gasteiger partial charge in [-0.1, -0.05) is 24.3 Å². The number of anilines is 1. The van der Waals surface area contributed by atoms with Crippen molar-refractivity contribution in [3.63, 3.8) is 0 Å². The molecule has 0 saturated carbocycles. The van der Waals surface area contributed by atoms with Crippen molar-refractivity contribution in [1.82, 2.24) is 5.32 Å². The van der Waals surface area contributed by atoms with E-state index < -0.39 is 0 Å². The molecular formula is C23H32N3O2+. The fourth-order valence-electron chi connectivity index (χ4n) is 3.70. The summed E-state index contributed by atoms with van der Waals surface area (Å²) in [4.78, 5) is 16.2. The smallest absolute Gasteiger partial charge is 0.275 e. The molecule has 0 aliphatic carbocycles. The third-order valence-corrected chi connectivity index (χ3v) is 5.71. The van der Waals surface area contributed by atoms with Crippen molar-refractivity contribution in [3.8, 4) is 5.75 Å². The summed E-state index contributed by atoms with van der Waals surface area (Å²) in [5.74, 6) is 1.00. The van der Waals surface area contributed by atoms with Crippen LogP contribution in [0.2, 0.25) is 0 Å². The molecule has 5 heteroatoms. The van der Waals surface area contributed by atoms with Crippen LogP contribution in [0, 0.1) is 13.8 Å². The number of carbonyl (C=O) groups excluding carboxylic acids is 1. The minimum Gasteiger partial charge on any atom is -0.497 e. The number of carbonyl (C=O) groups is 1.